The summed E-state index contributed by atoms with van der Waals surface area (Å²) < 4.78 is 50.8. The van der Waals surface area contributed by atoms with Gasteiger partial charge in [-0.2, -0.15) is 0 Å². The van der Waals surface area contributed by atoms with Crippen LogP contribution in [0.5, 0.6) is 0 Å². The Morgan fingerprint density at radius 1 is 0.224 bits per heavy atom. The molecule has 29 heteroatoms. The Hall–Kier alpha value is -8.64. The highest BCUT2D eigenvalue weighted by Gasteiger charge is 2.26. The molecule has 147 heavy (non-hydrogen) atoms. The summed E-state index contributed by atoms with van der Waals surface area (Å²) in [5, 5.41) is 17.0. The van der Waals surface area contributed by atoms with Crippen LogP contribution in [0, 0.1) is 0 Å². The zero-order valence-electron chi connectivity index (χ0n) is 92.8. The van der Waals surface area contributed by atoms with Crippen LogP contribution in [0.15, 0.2) is 97.2 Å². The zero-order valence-corrected chi connectivity index (χ0v) is 92.8. The first kappa shape index (κ1) is 138. The molecule has 0 aromatic heterocycles. The number of rotatable bonds is 108. The van der Waals surface area contributed by atoms with Gasteiger partial charge in [0.05, 0.1) is 79.0 Å². The standard InChI is InChI=1S/C118H206N8O21/c1-7-11-15-19-23-27-31-35-39-43-47-51-55-59-63-75-113(133)144-93-87-125(88-94-145-114(134)76-64-60-56-52-48-44-40-36-32-28-24-20-16-12-8-2)111(131)81-79-109(129)123-107(73-67-69-83-119-105(5)127)117(137)121-85-71-91-139-97-99-141-101-103-143-104-102-142-100-98-140-92-72-86-122-118(138)108(74-68-70-84-120-106(6)128)124-110(130)80-82-112(132)126(89-95-146-115(135)77-65-61-57-53-49-45-41-37-33-29-25-21-17-13-9-3)90-96-147-116(136)78-66-62-58-54-50-46-42-38-34-30-26-22-18-14-10-4/h23-30,35-42,107-108H,7-22,31-34,43-104H2,1-6H3,(H,119,127)(H,120,128)(H,121,137)(H,122,138)(H,123,129)(H,124,130)/b27-23-,28-24-,29-25-,30-26-,39-35-,40-36-,41-37-,42-38-/t107-,108-/m0/s1. The van der Waals surface area contributed by atoms with Gasteiger partial charge in [0.15, 0.2) is 0 Å². The van der Waals surface area contributed by atoms with Crippen molar-refractivity contribution >= 4 is 71.1 Å². The Morgan fingerprint density at radius 3 is 0.694 bits per heavy atom. The van der Waals surface area contributed by atoms with E-state index in [0.717, 1.165) is 180 Å². The van der Waals surface area contributed by atoms with Crippen LogP contribution in [0.2, 0.25) is 0 Å². The number of allylic oxidation sites excluding steroid dienone is 16. The minimum atomic E-state index is -0.910. The second kappa shape index (κ2) is 110. The zero-order chi connectivity index (χ0) is 107. The summed E-state index contributed by atoms with van der Waals surface area (Å²) in [5.41, 5.74) is 0. The lowest BCUT2D eigenvalue weighted by Gasteiger charge is -2.23. The molecule has 0 heterocycles. The molecular weight excluding hydrogens is 1870 g/mol. The highest BCUT2D eigenvalue weighted by Crippen LogP contribution is 2.17. The molecule has 29 nitrogen and oxygen atoms in total. The third-order valence-electron chi connectivity index (χ3n) is 24.6. The fourth-order valence-corrected chi connectivity index (χ4v) is 15.7. The van der Waals surface area contributed by atoms with Gasteiger partial charge in [-0.15, -0.1) is 0 Å². The smallest absolute Gasteiger partial charge is 0.305 e. The van der Waals surface area contributed by atoms with Crippen LogP contribution in [0.1, 0.15) is 427 Å². The normalized spacial score (nSPS) is 12.1. The highest BCUT2D eigenvalue weighted by molar-refractivity contribution is 5.90. The summed E-state index contributed by atoms with van der Waals surface area (Å²) in [6, 6.07) is -1.82. The number of amides is 8. The summed E-state index contributed by atoms with van der Waals surface area (Å²) >= 11 is 0. The Kier molecular flexibility index (Phi) is 104. The molecular formula is C118H206N8O21. The van der Waals surface area contributed by atoms with Gasteiger partial charge < -0.3 is 84.3 Å². The van der Waals surface area contributed by atoms with Gasteiger partial charge in [-0.1, -0.05) is 253 Å². The van der Waals surface area contributed by atoms with Gasteiger partial charge in [0.2, 0.25) is 47.3 Å². The van der Waals surface area contributed by atoms with Crippen LogP contribution in [0.25, 0.3) is 0 Å². The number of esters is 4. The van der Waals surface area contributed by atoms with Crippen LogP contribution >= 0.6 is 0 Å². The van der Waals surface area contributed by atoms with Crippen LogP contribution in [0.4, 0.5) is 0 Å². The number of carbonyl (C=O) groups is 12. The number of unbranched alkanes of at least 4 members (excludes halogenated alkanes) is 34. The molecule has 0 rings (SSSR count). The lowest BCUT2D eigenvalue weighted by molar-refractivity contribution is -0.148. The monoisotopic (exact) mass is 2070 g/mol. The van der Waals surface area contributed by atoms with Crippen molar-refractivity contribution in [3.63, 3.8) is 0 Å². The van der Waals surface area contributed by atoms with Crippen LogP contribution < -0.4 is 31.9 Å². The van der Waals surface area contributed by atoms with Crippen molar-refractivity contribution in [3.05, 3.63) is 97.2 Å². The second-order valence-electron chi connectivity index (χ2n) is 38.1. The molecule has 0 spiro atoms. The SMILES string of the molecule is CCCCC/C=C\C/C=C\CCCCCCCC(=O)OCCN(CCOC(=O)CCCCCCC/C=C\C/C=C\CCCCC)C(=O)CCC(=O)N[C@@H](CCCCNC(C)=O)C(=O)NCCCOCCOCCOCCOCCOCCCNC(=O)[C@H](CCCCNC(C)=O)NC(=O)CCC(=O)N(CCOC(=O)CCCCCCC/C=C\C/C=C\CCCCC)CCOC(=O)CCCCCCC/C=C\C/C=C\CCCCC. The molecule has 0 aliphatic heterocycles. The number of hydrogen-bond acceptors (Lipinski definition) is 21. The van der Waals surface area contributed by atoms with Crippen LogP contribution in [-0.2, 0) is 100 Å². The van der Waals surface area contributed by atoms with Gasteiger partial charge in [-0.25, -0.2) is 0 Å². The predicted molar refractivity (Wildman–Crippen MR) is 591 cm³/mol. The Balaban J connectivity index is 5.20. The molecule has 6 N–H and O–H groups in total. The molecule has 0 aliphatic rings. The maximum absolute atomic E-state index is 13.8. The van der Waals surface area contributed by atoms with Crippen molar-refractivity contribution in [2.45, 2.75) is 439 Å². The third kappa shape index (κ3) is 102. The molecule has 844 valence electrons. The molecule has 2 atom stereocenters. The average molecular weight is 2070 g/mol. The first-order chi connectivity index (χ1) is 71.9. The molecule has 0 saturated carbocycles. The average Bonchev–Trinajstić information content (AvgIpc) is 0.908. The minimum absolute atomic E-state index is 0.0471. The van der Waals surface area contributed by atoms with Crippen LogP contribution in [-0.4, -0.2) is 238 Å². The number of carbonyl (C=O) groups excluding carboxylic acids is 12. The van der Waals surface area contributed by atoms with Crippen molar-refractivity contribution in [1.82, 2.24) is 41.7 Å². The summed E-state index contributed by atoms with van der Waals surface area (Å²) in [7, 11) is 0. The first-order valence-electron chi connectivity index (χ1n) is 57.8. The topological polar surface area (TPSA) is 367 Å². The predicted octanol–water partition coefficient (Wildman–Crippen LogP) is 22.3. The van der Waals surface area contributed by atoms with Gasteiger partial charge in [-0.05, 0) is 205 Å². The Labute approximate surface area is 889 Å². The van der Waals surface area contributed by atoms with Crippen LogP contribution in [0.3, 0.4) is 0 Å². The van der Waals surface area contributed by atoms with E-state index in [-0.39, 0.29) is 166 Å². The van der Waals surface area contributed by atoms with Gasteiger partial charge in [0.1, 0.15) is 38.5 Å². The molecule has 0 saturated heterocycles. The lowest BCUT2D eigenvalue weighted by atomic mass is 10.1. The van der Waals surface area contributed by atoms with E-state index in [0.29, 0.717) is 143 Å². The molecule has 0 fully saturated rings. The minimum Gasteiger partial charge on any atom is -0.464 e. The molecule has 0 aromatic carbocycles. The maximum Gasteiger partial charge on any atom is 0.305 e. The number of nitrogens with one attached hydrogen (secondary N) is 6. The summed E-state index contributed by atoms with van der Waals surface area (Å²) in [6.07, 6.45) is 86.8. The van der Waals surface area contributed by atoms with Gasteiger partial charge in [-0.3, -0.25) is 57.5 Å². The quantitative estimate of drug-likeness (QED) is 0.0143. The molecule has 0 bridgehead atoms. The van der Waals surface area contributed by atoms with E-state index in [1.165, 1.54) is 101 Å². The van der Waals surface area contributed by atoms with E-state index in [4.69, 9.17) is 42.6 Å². The van der Waals surface area contributed by atoms with Gasteiger partial charge in [0, 0.05) is 105 Å². The van der Waals surface area contributed by atoms with Crippen molar-refractivity contribution in [3.8, 4) is 0 Å². The summed E-state index contributed by atoms with van der Waals surface area (Å²) in [6.45, 7) is 16.3. The molecule has 0 aromatic rings. The summed E-state index contributed by atoms with van der Waals surface area (Å²) in [4.78, 5) is 159. The number of nitrogens with zero attached hydrogens (tertiary/aromatic N) is 2. The molecule has 0 radical (unpaired) electrons. The van der Waals surface area contributed by atoms with Crippen molar-refractivity contribution in [1.29, 1.82) is 0 Å². The largest absolute Gasteiger partial charge is 0.464 e. The van der Waals surface area contributed by atoms with E-state index in [1.807, 2.05) is 0 Å². The Bertz CT molecular complexity index is 3140. The number of ether oxygens (including phenoxy) is 9. The van der Waals surface area contributed by atoms with E-state index in [2.05, 4.69) is 157 Å². The van der Waals surface area contributed by atoms with Crippen molar-refractivity contribution in [2.75, 3.05) is 145 Å². The van der Waals surface area contributed by atoms with E-state index < -0.39 is 47.5 Å². The Morgan fingerprint density at radius 2 is 0.449 bits per heavy atom. The van der Waals surface area contributed by atoms with Gasteiger partial charge in [0.25, 0.3) is 0 Å². The maximum atomic E-state index is 13.8. The molecule has 0 aliphatic carbocycles. The summed E-state index contributed by atoms with van der Waals surface area (Å²) in [5.74, 6) is -4.33. The first-order valence-corrected chi connectivity index (χ1v) is 57.8. The van der Waals surface area contributed by atoms with E-state index >= 15 is 0 Å². The van der Waals surface area contributed by atoms with Crippen molar-refractivity contribution < 1.29 is 100 Å². The lowest BCUT2D eigenvalue weighted by Crippen LogP contribution is -2.47. The number of hydrogen-bond donors (Lipinski definition) is 6. The van der Waals surface area contributed by atoms with Crippen molar-refractivity contribution in [2.24, 2.45) is 0 Å². The third-order valence-corrected chi connectivity index (χ3v) is 24.6. The fourth-order valence-electron chi connectivity index (χ4n) is 15.7. The molecule has 0 unspecified atom stereocenters. The van der Waals surface area contributed by atoms with E-state index in [9.17, 15) is 57.5 Å². The fraction of sp³-hybridized carbons (Fsp3) is 0.763. The second-order valence-corrected chi connectivity index (χ2v) is 38.1. The highest BCUT2D eigenvalue weighted by atomic mass is 16.6. The molecule has 8 amide bonds. The van der Waals surface area contributed by atoms with Gasteiger partial charge >= 0.3 is 23.9 Å². The van der Waals surface area contributed by atoms with E-state index in [1.54, 1.807) is 0 Å².